The Hall–Kier alpha value is -1.42. The molecule has 2 heterocycles. The van der Waals surface area contributed by atoms with E-state index in [2.05, 4.69) is 5.32 Å². The summed E-state index contributed by atoms with van der Waals surface area (Å²) >= 11 is 0. The largest absolute Gasteiger partial charge is 0.315 e. The van der Waals surface area contributed by atoms with Crippen molar-refractivity contribution >= 4 is 10.0 Å². The molecule has 2 aliphatic heterocycles. The fourth-order valence-corrected chi connectivity index (χ4v) is 5.76. The van der Waals surface area contributed by atoms with Crippen molar-refractivity contribution in [2.75, 3.05) is 13.1 Å². The summed E-state index contributed by atoms with van der Waals surface area (Å²) in [6.07, 6.45) is 0.909. The molecule has 2 aliphatic rings. The molecule has 0 radical (unpaired) electrons. The van der Waals surface area contributed by atoms with Gasteiger partial charge in [-0.3, -0.25) is 0 Å². The van der Waals surface area contributed by atoms with Gasteiger partial charge in [-0.2, -0.15) is 9.57 Å². The molecule has 3 rings (SSSR count). The minimum Gasteiger partial charge on any atom is -0.315 e. The van der Waals surface area contributed by atoms with Crippen LogP contribution in [0.3, 0.4) is 0 Å². The highest BCUT2D eigenvalue weighted by atomic mass is 32.2. The van der Waals surface area contributed by atoms with Crippen molar-refractivity contribution in [1.82, 2.24) is 9.62 Å². The van der Waals surface area contributed by atoms with E-state index in [-0.39, 0.29) is 12.1 Å². The first kappa shape index (κ1) is 14.5. The second kappa shape index (κ2) is 5.09. The molecule has 1 aromatic carbocycles. The molecular weight excluding hydrogens is 286 g/mol. The van der Waals surface area contributed by atoms with Crippen molar-refractivity contribution in [3.8, 4) is 6.07 Å². The van der Waals surface area contributed by atoms with Crippen LogP contribution in [0, 0.1) is 24.2 Å². The predicted octanol–water partition coefficient (Wildman–Crippen LogP) is 1.24. The van der Waals surface area contributed by atoms with Crippen molar-refractivity contribution in [1.29, 1.82) is 5.26 Å². The Bertz CT molecular complexity index is 708. The van der Waals surface area contributed by atoms with Gasteiger partial charge in [0, 0.05) is 18.6 Å². The van der Waals surface area contributed by atoms with E-state index in [4.69, 9.17) is 5.26 Å². The zero-order valence-electron chi connectivity index (χ0n) is 12.2. The van der Waals surface area contributed by atoms with Gasteiger partial charge in [-0.25, -0.2) is 8.42 Å². The number of hydrogen-bond donors (Lipinski definition) is 1. The molecule has 1 N–H and O–H groups in total. The monoisotopic (exact) mass is 305 g/mol. The normalized spacial score (nSPS) is 29.3. The van der Waals surface area contributed by atoms with Gasteiger partial charge in [0.15, 0.2) is 0 Å². The smallest absolute Gasteiger partial charge is 0.243 e. The lowest BCUT2D eigenvalue weighted by Crippen LogP contribution is -2.42. The third-order valence-electron chi connectivity index (χ3n) is 4.57. The van der Waals surface area contributed by atoms with E-state index >= 15 is 0 Å². The molecule has 6 heteroatoms. The van der Waals surface area contributed by atoms with Gasteiger partial charge in [0.05, 0.1) is 16.5 Å². The van der Waals surface area contributed by atoms with Crippen molar-refractivity contribution in [3.63, 3.8) is 0 Å². The Morgan fingerprint density at radius 3 is 2.81 bits per heavy atom. The molecule has 0 saturated carbocycles. The summed E-state index contributed by atoms with van der Waals surface area (Å²) in [7, 11) is -3.51. The number of nitrogens with one attached hydrogen (secondary N) is 1. The van der Waals surface area contributed by atoms with E-state index < -0.39 is 10.0 Å². The lowest BCUT2D eigenvalue weighted by atomic mass is 10.0. The number of sulfonamides is 1. The summed E-state index contributed by atoms with van der Waals surface area (Å²) < 4.78 is 27.7. The van der Waals surface area contributed by atoms with Crippen LogP contribution in [0.2, 0.25) is 0 Å². The number of fused-ring (bicyclic) bond motifs is 1. The number of benzene rings is 1. The molecule has 2 fully saturated rings. The molecule has 2 saturated heterocycles. The van der Waals surface area contributed by atoms with Crippen LogP contribution in [0.4, 0.5) is 0 Å². The first-order chi connectivity index (χ1) is 9.95. The summed E-state index contributed by atoms with van der Waals surface area (Å²) in [6, 6.07) is 6.90. The summed E-state index contributed by atoms with van der Waals surface area (Å²) in [5, 5.41) is 12.2. The van der Waals surface area contributed by atoms with Gasteiger partial charge < -0.3 is 5.32 Å². The molecule has 3 unspecified atom stereocenters. The maximum atomic E-state index is 13.0. The third-order valence-corrected chi connectivity index (χ3v) is 6.77. The second-order valence-corrected chi connectivity index (χ2v) is 7.81. The van der Waals surface area contributed by atoms with Gasteiger partial charge in [-0.1, -0.05) is 0 Å². The lowest BCUT2D eigenvalue weighted by molar-refractivity contribution is 0.335. The maximum Gasteiger partial charge on any atom is 0.243 e. The first-order valence-electron chi connectivity index (χ1n) is 7.20. The van der Waals surface area contributed by atoms with Crippen LogP contribution in [-0.4, -0.2) is 37.9 Å². The Labute approximate surface area is 125 Å². The number of nitrogens with zero attached hydrogens (tertiary/aromatic N) is 2. The first-order valence-corrected chi connectivity index (χ1v) is 8.64. The van der Waals surface area contributed by atoms with Crippen LogP contribution >= 0.6 is 0 Å². The van der Waals surface area contributed by atoms with Crippen LogP contribution in [0.5, 0.6) is 0 Å². The highest BCUT2D eigenvalue weighted by Gasteiger charge is 2.48. The van der Waals surface area contributed by atoms with Crippen molar-refractivity contribution in [2.45, 2.75) is 37.2 Å². The van der Waals surface area contributed by atoms with E-state index in [1.165, 1.54) is 0 Å². The van der Waals surface area contributed by atoms with Crippen LogP contribution in [0.25, 0.3) is 0 Å². The highest BCUT2D eigenvalue weighted by Crippen LogP contribution is 2.37. The van der Waals surface area contributed by atoms with E-state index in [0.717, 1.165) is 19.5 Å². The molecule has 112 valence electrons. The molecule has 0 bridgehead atoms. The Morgan fingerprint density at radius 2 is 2.14 bits per heavy atom. The van der Waals surface area contributed by atoms with E-state index in [0.29, 0.717) is 21.9 Å². The molecule has 21 heavy (non-hydrogen) atoms. The van der Waals surface area contributed by atoms with Crippen LogP contribution in [-0.2, 0) is 10.0 Å². The Morgan fingerprint density at radius 1 is 1.38 bits per heavy atom. The molecule has 5 nitrogen and oxygen atoms in total. The predicted molar refractivity (Wildman–Crippen MR) is 79.1 cm³/mol. The van der Waals surface area contributed by atoms with E-state index in [9.17, 15) is 8.42 Å². The molecule has 0 aliphatic carbocycles. The van der Waals surface area contributed by atoms with Crippen molar-refractivity contribution < 1.29 is 8.42 Å². The summed E-state index contributed by atoms with van der Waals surface area (Å²) in [5.74, 6) is 0.411. The molecule has 0 amide bonds. The van der Waals surface area contributed by atoms with Crippen molar-refractivity contribution in [2.24, 2.45) is 5.92 Å². The summed E-state index contributed by atoms with van der Waals surface area (Å²) in [4.78, 5) is 0.320. The van der Waals surface area contributed by atoms with Gasteiger partial charge in [-0.05, 0) is 56.5 Å². The standard InChI is InChI=1S/C15H19N3O2S/c1-10-5-12(7-16)3-4-15(10)21(19,20)18-11(2)6-13-8-17-9-14(13)18/h3-5,11,13-14,17H,6,8-9H2,1-2H3. The third kappa shape index (κ3) is 2.26. The molecule has 0 spiro atoms. The fraction of sp³-hybridized carbons (Fsp3) is 0.533. The van der Waals surface area contributed by atoms with Gasteiger partial charge in [-0.15, -0.1) is 0 Å². The second-order valence-electron chi connectivity index (χ2n) is 6.00. The minimum atomic E-state index is -3.51. The molecule has 0 aromatic heterocycles. The van der Waals surface area contributed by atoms with Crippen molar-refractivity contribution in [3.05, 3.63) is 29.3 Å². The summed E-state index contributed by atoms with van der Waals surface area (Å²) in [5.41, 5.74) is 1.12. The number of rotatable bonds is 2. The fourth-order valence-electron chi connectivity index (χ4n) is 3.66. The molecule has 3 atom stereocenters. The van der Waals surface area contributed by atoms with Crippen LogP contribution in [0.1, 0.15) is 24.5 Å². The molecular formula is C15H19N3O2S. The lowest BCUT2D eigenvalue weighted by Gasteiger charge is -2.27. The molecule has 1 aromatic rings. The zero-order chi connectivity index (χ0) is 15.2. The van der Waals surface area contributed by atoms with Gasteiger partial charge >= 0.3 is 0 Å². The quantitative estimate of drug-likeness (QED) is 0.892. The van der Waals surface area contributed by atoms with Crippen LogP contribution in [0.15, 0.2) is 23.1 Å². The SMILES string of the molecule is Cc1cc(C#N)ccc1S(=O)(=O)N1C(C)CC2CNCC21. The average molecular weight is 305 g/mol. The highest BCUT2D eigenvalue weighted by molar-refractivity contribution is 7.89. The number of hydrogen-bond acceptors (Lipinski definition) is 4. The van der Waals surface area contributed by atoms with Gasteiger partial charge in [0.1, 0.15) is 0 Å². The Balaban J connectivity index is 2.03. The zero-order valence-corrected chi connectivity index (χ0v) is 13.0. The average Bonchev–Trinajstić information content (AvgIpc) is 2.97. The Kier molecular flexibility index (Phi) is 3.52. The maximum absolute atomic E-state index is 13.0. The summed E-state index contributed by atoms with van der Waals surface area (Å²) in [6.45, 7) is 5.35. The van der Waals surface area contributed by atoms with Gasteiger partial charge in [0.2, 0.25) is 10.0 Å². The minimum absolute atomic E-state index is 0.0298. The van der Waals surface area contributed by atoms with E-state index in [1.807, 2.05) is 13.0 Å². The number of nitriles is 1. The number of aryl methyl sites for hydroxylation is 1. The topological polar surface area (TPSA) is 73.2 Å². The van der Waals surface area contributed by atoms with Crippen LogP contribution < -0.4 is 5.32 Å². The van der Waals surface area contributed by atoms with Gasteiger partial charge in [0.25, 0.3) is 0 Å². The van der Waals surface area contributed by atoms with E-state index in [1.54, 1.807) is 29.4 Å².